The fourth-order valence-electron chi connectivity index (χ4n) is 1.79. The second-order valence-electron chi connectivity index (χ2n) is 3.46. The Morgan fingerprint density at radius 3 is 3.00 bits per heavy atom. The molecule has 14 heavy (non-hydrogen) atoms. The first-order chi connectivity index (χ1) is 6.59. The molecule has 0 fully saturated rings. The van der Waals surface area contributed by atoms with Gasteiger partial charge in [-0.15, -0.1) is 11.3 Å². The van der Waals surface area contributed by atoms with Crippen molar-refractivity contribution in [3.05, 3.63) is 19.8 Å². The maximum absolute atomic E-state index is 11.0. The lowest BCUT2D eigenvalue weighted by Gasteiger charge is -2.17. The Labute approximate surface area is 94.1 Å². The Morgan fingerprint density at radius 2 is 2.36 bits per heavy atom. The van der Waals surface area contributed by atoms with Crippen LogP contribution in [-0.2, 0) is 12.8 Å². The van der Waals surface area contributed by atoms with Crippen molar-refractivity contribution >= 4 is 33.2 Å². The first-order valence-corrected chi connectivity index (χ1v) is 5.99. The van der Waals surface area contributed by atoms with Crippen molar-refractivity contribution < 1.29 is 9.90 Å². The van der Waals surface area contributed by atoms with Crippen molar-refractivity contribution in [2.75, 3.05) is 0 Å². The molecule has 0 saturated carbocycles. The van der Waals surface area contributed by atoms with E-state index < -0.39 is 5.97 Å². The van der Waals surface area contributed by atoms with Gasteiger partial charge in [0.15, 0.2) is 0 Å². The number of thiophene rings is 1. The average molecular weight is 276 g/mol. The first kappa shape index (κ1) is 10.1. The third-order valence-corrected chi connectivity index (χ3v) is 4.40. The van der Waals surface area contributed by atoms with Crippen LogP contribution in [-0.4, -0.2) is 17.1 Å². The molecule has 0 spiro atoms. The largest absolute Gasteiger partial charge is 0.478 e. The van der Waals surface area contributed by atoms with Gasteiger partial charge in [-0.1, -0.05) is 0 Å². The Morgan fingerprint density at radius 1 is 1.64 bits per heavy atom. The summed E-state index contributed by atoms with van der Waals surface area (Å²) in [4.78, 5) is 12.1. The third-order valence-electron chi connectivity index (χ3n) is 2.47. The van der Waals surface area contributed by atoms with E-state index in [2.05, 4.69) is 15.9 Å². The summed E-state index contributed by atoms with van der Waals surface area (Å²) in [5.74, 6) is -0.843. The van der Waals surface area contributed by atoms with Gasteiger partial charge in [-0.3, -0.25) is 0 Å². The van der Waals surface area contributed by atoms with Crippen LogP contribution in [0.4, 0.5) is 0 Å². The number of carbonyl (C=O) groups is 1. The summed E-state index contributed by atoms with van der Waals surface area (Å²) in [6.07, 6.45) is 2.49. The summed E-state index contributed by atoms with van der Waals surface area (Å²) in [7, 11) is 0. The van der Waals surface area contributed by atoms with E-state index in [4.69, 9.17) is 10.8 Å². The number of aromatic carboxylic acids is 1. The lowest BCUT2D eigenvalue weighted by Crippen LogP contribution is -2.27. The van der Waals surface area contributed by atoms with E-state index in [1.165, 1.54) is 11.3 Å². The number of hydrogen-bond donors (Lipinski definition) is 2. The van der Waals surface area contributed by atoms with Crippen LogP contribution < -0.4 is 5.73 Å². The van der Waals surface area contributed by atoms with E-state index in [0.29, 0.717) is 5.56 Å². The number of carboxylic acids is 1. The van der Waals surface area contributed by atoms with Gasteiger partial charge in [0, 0.05) is 10.9 Å². The van der Waals surface area contributed by atoms with Gasteiger partial charge in [0.05, 0.1) is 9.35 Å². The van der Waals surface area contributed by atoms with E-state index in [1.54, 1.807) is 0 Å². The van der Waals surface area contributed by atoms with Crippen molar-refractivity contribution in [2.24, 2.45) is 5.73 Å². The summed E-state index contributed by atoms with van der Waals surface area (Å²) in [5.41, 5.74) is 7.25. The lowest BCUT2D eigenvalue weighted by atomic mass is 9.93. The van der Waals surface area contributed by atoms with Crippen molar-refractivity contribution in [3.8, 4) is 0 Å². The SMILES string of the molecule is NC1CCc2c(sc(Br)c2C(=O)O)C1. The second-order valence-corrected chi connectivity index (χ2v) is 5.88. The summed E-state index contributed by atoms with van der Waals surface area (Å²) in [6.45, 7) is 0. The van der Waals surface area contributed by atoms with Crippen LogP contribution in [0.15, 0.2) is 3.79 Å². The van der Waals surface area contributed by atoms with Gasteiger partial charge in [-0.25, -0.2) is 4.79 Å². The molecule has 1 aromatic rings. The van der Waals surface area contributed by atoms with E-state index in [0.717, 1.165) is 33.5 Å². The monoisotopic (exact) mass is 275 g/mol. The zero-order valence-electron chi connectivity index (χ0n) is 7.42. The minimum absolute atomic E-state index is 0.190. The Bertz CT molecular complexity index is 388. The number of carboxylic acid groups (broad SMARTS) is 1. The molecule has 0 saturated heterocycles. The molecule has 3 N–H and O–H groups in total. The van der Waals surface area contributed by atoms with Crippen LogP contribution in [0.25, 0.3) is 0 Å². The molecule has 0 aliphatic heterocycles. The normalized spacial score (nSPS) is 20.6. The highest BCUT2D eigenvalue weighted by Gasteiger charge is 2.26. The van der Waals surface area contributed by atoms with E-state index in [-0.39, 0.29) is 6.04 Å². The minimum atomic E-state index is -0.843. The Kier molecular flexibility index (Phi) is 2.64. The number of halogens is 1. The topological polar surface area (TPSA) is 63.3 Å². The van der Waals surface area contributed by atoms with Crippen LogP contribution in [0.2, 0.25) is 0 Å². The molecule has 76 valence electrons. The number of nitrogens with two attached hydrogens (primary N) is 1. The molecular formula is C9H10BrNO2S. The zero-order chi connectivity index (χ0) is 10.3. The van der Waals surface area contributed by atoms with E-state index >= 15 is 0 Å². The predicted molar refractivity (Wildman–Crippen MR) is 59.0 cm³/mol. The van der Waals surface area contributed by atoms with Crippen LogP contribution in [0, 0.1) is 0 Å². The molecule has 1 aromatic heterocycles. The molecule has 0 radical (unpaired) electrons. The quantitative estimate of drug-likeness (QED) is 0.824. The van der Waals surface area contributed by atoms with E-state index in [9.17, 15) is 4.79 Å². The maximum atomic E-state index is 11.0. The Hall–Kier alpha value is -0.390. The zero-order valence-corrected chi connectivity index (χ0v) is 9.82. The van der Waals surface area contributed by atoms with Gasteiger partial charge in [0.1, 0.15) is 0 Å². The summed E-state index contributed by atoms with van der Waals surface area (Å²) in [5, 5.41) is 9.02. The second kappa shape index (κ2) is 3.64. The van der Waals surface area contributed by atoms with Gasteiger partial charge in [-0.05, 0) is 40.8 Å². The van der Waals surface area contributed by atoms with Crippen molar-refractivity contribution in [1.29, 1.82) is 0 Å². The minimum Gasteiger partial charge on any atom is -0.478 e. The van der Waals surface area contributed by atoms with Crippen molar-refractivity contribution in [2.45, 2.75) is 25.3 Å². The molecule has 1 aliphatic rings. The van der Waals surface area contributed by atoms with Crippen LogP contribution >= 0.6 is 27.3 Å². The number of hydrogen-bond acceptors (Lipinski definition) is 3. The molecule has 1 atom stereocenters. The van der Waals surface area contributed by atoms with Gasteiger partial charge >= 0.3 is 5.97 Å². The Balaban J connectivity index is 2.49. The van der Waals surface area contributed by atoms with Gasteiger partial charge < -0.3 is 10.8 Å². The third kappa shape index (κ3) is 1.60. The fourth-order valence-corrected chi connectivity index (χ4v) is 3.94. The summed E-state index contributed by atoms with van der Waals surface area (Å²) >= 11 is 4.80. The summed E-state index contributed by atoms with van der Waals surface area (Å²) < 4.78 is 0.726. The smallest absolute Gasteiger partial charge is 0.338 e. The molecule has 5 heteroatoms. The first-order valence-electron chi connectivity index (χ1n) is 4.38. The van der Waals surface area contributed by atoms with Crippen LogP contribution in [0.3, 0.4) is 0 Å². The van der Waals surface area contributed by atoms with Crippen molar-refractivity contribution in [3.63, 3.8) is 0 Å². The molecule has 1 unspecified atom stereocenters. The summed E-state index contributed by atoms with van der Waals surface area (Å²) in [6, 6.07) is 0.190. The molecular weight excluding hydrogens is 266 g/mol. The number of rotatable bonds is 1. The fraction of sp³-hybridized carbons (Fsp3) is 0.444. The highest BCUT2D eigenvalue weighted by Crippen LogP contribution is 2.37. The molecule has 1 heterocycles. The van der Waals surface area contributed by atoms with Gasteiger partial charge in [-0.2, -0.15) is 0 Å². The molecule has 0 aromatic carbocycles. The van der Waals surface area contributed by atoms with E-state index in [1.807, 2.05) is 0 Å². The average Bonchev–Trinajstić information content (AvgIpc) is 2.39. The molecule has 1 aliphatic carbocycles. The lowest BCUT2D eigenvalue weighted by molar-refractivity contribution is 0.0695. The maximum Gasteiger partial charge on any atom is 0.338 e. The molecule has 0 bridgehead atoms. The highest BCUT2D eigenvalue weighted by molar-refractivity contribution is 9.11. The predicted octanol–water partition coefficient (Wildman–Crippen LogP) is 2.02. The molecule has 0 amide bonds. The van der Waals surface area contributed by atoms with Crippen molar-refractivity contribution in [1.82, 2.24) is 0 Å². The number of fused-ring (bicyclic) bond motifs is 1. The highest BCUT2D eigenvalue weighted by atomic mass is 79.9. The standard InChI is InChI=1S/C9H10BrNO2S/c10-8-7(9(12)13)5-2-1-4(11)3-6(5)14-8/h4H,1-3,11H2,(H,12,13). The van der Waals surface area contributed by atoms with Crippen LogP contribution in [0.5, 0.6) is 0 Å². The van der Waals surface area contributed by atoms with Gasteiger partial charge in [0.2, 0.25) is 0 Å². The van der Waals surface area contributed by atoms with Gasteiger partial charge in [0.25, 0.3) is 0 Å². The molecule has 3 nitrogen and oxygen atoms in total. The van der Waals surface area contributed by atoms with Crippen LogP contribution in [0.1, 0.15) is 27.2 Å². The molecule has 2 rings (SSSR count).